The van der Waals surface area contributed by atoms with Gasteiger partial charge in [0.15, 0.2) is 0 Å². The van der Waals surface area contributed by atoms with Crippen molar-refractivity contribution in [1.82, 2.24) is 0 Å². The Morgan fingerprint density at radius 1 is 0.640 bits per heavy atom. The standard InChI is InChI=1S/C21H28O4/c1-21(2,15-24-13-17-5-9-19(22-3)10-6-17)16-25-14-18-7-11-20(23-4)12-8-18/h5-12H,13-16H2,1-4H3. The Labute approximate surface area is 150 Å². The Balaban J connectivity index is 1.69. The van der Waals surface area contributed by atoms with E-state index in [0.717, 1.165) is 22.6 Å². The van der Waals surface area contributed by atoms with Crippen LogP contribution in [0.3, 0.4) is 0 Å². The lowest BCUT2D eigenvalue weighted by Gasteiger charge is -2.24. The number of ether oxygens (including phenoxy) is 4. The number of rotatable bonds is 10. The Bertz CT molecular complexity index is 562. The second-order valence-corrected chi connectivity index (χ2v) is 6.85. The highest BCUT2D eigenvalue weighted by molar-refractivity contribution is 5.27. The lowest BCUT2D eigenvalue weighted by Crippen LogP contribution is -2.25. The molecule has 2 aromatic rings. The van der Waals surface area contributed by atoms with Gasteiger partial charge in [0.05, 0.1) is 40.6 Å². The summed E-state index contributed by atoms with van der Waals surface area (Å²) in [6, 6.07) is 15.9. The van der Waals surface area contributed by atoms with E-state index in [-0.39, 0.29) is 5.41 Å². The Kier molecular flexibility index (Phi) is 7.29. The average Bonchev–Trinajstić information content (AvgIpc) is 2.62. The third-order valence-electron chi connectivity index (χ3n) is 3.84. The molecule has 0 unspecified atom stereocenters. The molecule has 0 bridgehead atoms. The van der Waals surface area contributed by atoms with Crippen molar-refractivity contribution in [3.05, 3.63) is 59.7 Å². The molecule has 4 heteroatoms. The van der Waals surface area contributed by atoms with Crippen molar-refractivity contribution >= 4 is 0 Å². The highest BCUT2D eigenvalue weighted by Crippen LogP contribution is 2.19. The summed E-state index contributed by atoms with van der Waals surface area (Å²) in [5, 5.41) is 0. The minimum Gasteiger partial charge on any atom is -0.497 e. The Morgan fingerprint density at radius 3 is 1.32 bits per heavy atom. The topological polar surface area (TPSA) is 36.9 Å². The van der Waals surface area contributed by atoms with Crippen LogP contribution in [-0.4, -0.2) is 27.4 Å². The molecule has 0 N–H and O–H groups in total. The van der Waals surface area contributed by atoms with Crippen LogP contribution in [0.15, 0.2) is 48.5 Å². The second kappa shape index (κ2) is 9.44. The summed E-state index contributed by atoms with van der Waals surface area (Å²) in [4.78, 5) is 0. The van der Waals surface area contributed by atoms with Crippen LogP contribution >= 0.6 is 0 Å². The lowest BCUT2D eigenvalue weighted by molar-refractivity contribution is -0.0142. The Hall–Kier alpha value is -2.04. The molecule has 0 heterocycles. The van der Waals surface area contributed by atoms with Crippen molar-refractivity contribution in [3.8, 4) is 11.5 Å². The van der Waals surface area contributed by atoms with Gasteiger partial charge in [-0.1, -0.05) is 38.1 Å². The van der Waals surface area contributed by atoms with Crippen molar-refractivity contribution in [2.45, 2.75) is 27.1 Å². The summed E-state index contributed by atoms with van der Waals surface area (Å²) in [5.41, 5.74) is 2.23. The molecule has 0 aromatic heterocycles. The van der Waals surface area contributed by atoms with Gasteiger partial charge in [0.2, 0.25) is 0 Å². The molecular formula is C21H28O4. The normalized spacial score (nSPS) is 11.4. The molecule has 2 aromatic carbocycles. The maximum absolute atomic E-state index is 5.85. The third kappa shape index (κ3) is 6.77. The largest absolute Gasteiger partial charge is 0.497 e. The molecule has 4 nitrogen and oxygen atoms in total. The number of hydrogen-bond acceptors (Lipinski definition) is 4. The van der Waals surface area contributed by atoms with E-state index in [0.29, 0.717) is 26.4 Å². The zero-order chi connectivity index (χ0) is 18.1. The van der Waals surface area contributed by atoms with Crippen LogP contribution in [0.25, 0.3) is 0 Å². The monoisotopic (exact) mass is 344 g/mol. The number of methoxy groups -OCH3 is 2. The van der Waals surface area contributed by atoms with Crippen LogP contribution < -0.4 is 9.47 Å². The summed E-state index contributed by atoms with van der Waals surface area (Å²) in [6.45, 7) is 6.76. The second-order valence-electron chi connectivity index (χ2n) is 6.85. The molecule has 0 aliphatic rings. The molecule has 25 heavy (non-hydrogen) atoms. The van der Waals surface area contributed by atoms with Gasteiger partial charge in [-0.3, -0.25) is 0 Å². The fraction of sp³-hybridized carbons (Fsp3) is 0.429. The van der Waals surface area contributed by atoms with E-state index in [4.69, 9.17) is 18.9 Å². The van der Waals surface area contributed by atoms with Crippen LogP contribution in [0.1, 0.15) is 25.0 Å². The molecule has 0 fully saturated rings. The maximum Gasteiger partial charge on any atom is 0.118 e. The zero-order valence-electron chi connectivity index (χ0n) is 15.6. The van der Waals surface area contributed by atoms with E-state index >= 15 is 0 Å². The van der Waals surface area contributed by atoms with Crippen molar-refractivity contribution in [3.63, 3.8) is 0 Å². The lowest BCUT2D eigenvalue weighted by atomic mass is 9.96. The van der Waals surface area contributed by atoms with Crippen molar-refractivity contribution in [1.29, 1.82) is 0 Å². The van der Waals surface area contributed by atoms with Gasteiger partial charge >= 0.3 is 0 Å². The highest BCUT2D eigenvalue weighted by atomic mass is 16.5. The van der Waals surface area contributed by atoms with Crippen LogP contribution in [0.2, 0.25) is 0 Å². The van der Waals surface area contributed by atoms with Gasteiger partial charge in [-0.05, 0) is 35.4 Å². The molecule has 0 saturated carbocycles. The molecule has 136 valence electrons. The fourth-order valence-corrected chi connectivity index (χ4v) is 2.38. The minimum absolute atomic E-state index is 0.0427. The van der Waals surface area contributed by atoms with Gasteiger partial charge < -0.3 is 18.9 Å². The van der Waals surface area contributed by atoms with Crippen LogP contribution in [0.4, 0.5) is 0 Å². The summed E-state index contributed by atoms with van der Waals surface area (Å²) in [5.74, 6) is 1.71. The molecule has 0 radical (unpaired) electrons. The molecular weight excluding hydrogens is 316 g/mol. The van der Waals surface area contributed by atoms with Crippen LogP contribution in [0, 0.1) is 5.41 Å². The van der Waals surface area contributed by atoms with Crippen molar-refractivity contribution in [2.75, 3.05) is 27.4 Å². The summed E-state index contributed by atoms with van der Waals surface area (Å²) < 4.78 is 22.0. The average molecular weight is 344 g/mol. The Morgan fingerprint density at radius 2 is 1.00 bits per heavy atom. The van der Waals surface area contributed by atoms with Crippen LogP contribution in [-0.2, 0) is 22.7 Å². The first-order chi connectivity index (χ1) is 12.0. The summed E-state index contributed by atoms with van der Waals surface area (Å²) in [6.07, 6.45) is 0. The van der Waals surface area contributed by atoms with E-state index in [1.54, 1.807) is 14.2 Å². The first-order valence-electron chi connectivity index (χ1n) is 8.44. The number of hydrogen-bond donors (Lipinski definition) is 0. The molecule has 0 saturated heterocycles. The van der Waals surface area contributed by atoms with E-state index in [1.807, 2.05) is 48.5 Å². The van der Waals surface area contributed by atoms with Gasteiger partial charge in [0, 0.05) is 5.41 Å². The van der Waals surface area contributed by atoms with E-state index in [9.17, 15) is 0 Å². The minimum atomic E-state index is -0.0427. The quantitative estimate of drug-likeness (QED) is 0.637. The molecule has 0 aliphatic heterocycles. The molecule has 0 amide bonds. The summed E-state index contributed by atoms with van der Waals surface area (Å²) >= 11 is 0. The predicted molar refractivity (Wildman–Crippen MR) is 99.1 cm³/mol. The zero-order valence-corrected chi connectivity index (χ0v) is 15.6. The first kappa shape index (κ1) is 19.3. The van der Waals surface area contributed by atoms with Gasteiger partial charge in [0.25, 0.3) is 0 Å². The van der Waals surface area contributed by atoms with Crippen LogP contribution in [0.5, 0.6) is 11.5 Å². The molecule has 0 atom stereocenters. The van der Waals surface area contributed by atoms with E-state index in [2.05, 4.69) is 13.8 Å². The van der Waals surface area contributed by atoms with Gasteiger partial charge in [-0.25, -0.2) is 0 Å². The van der Waals surface area contributed by atoms with Gasteiger partial charge in [-0.15, -0.1) is 0 Å². The van der Waals surface area contributed by atoms with Crippen molar-refractivity contribution in [2.24, 2.45) is 5.41 Å². The van der Waals surface area contributed by atoms with E-state index < -0.39 is 0 Å². The van der Waals surface area contributed by atoms with Gasteiger partial charge in [0.1, 0.15) is 11.5 Å². The van der Waals surface area contributed by atoms with Gasteiger partial charge in [-0.2, -0.15) is 0 Å². The predicted octanol–water partition coefficient (Wildman–Crippen LogP) is 4.46. The molecule has 2 rings (SSSR count). The smallest absolute Gasteiger partial charge is 0.118 e. The van der Waals surface area contributed by atoms with Crippen molar-refractivity contribution < 1.29 is 18.9 Å². The van der Waals surface area contributed by atoms with E-state index in [1.165, 1.54) is 0 Å². The molecule has 0 aliphatic carbocycles. The summed E-state index contributed by atoms with van der Waals surface area (Å²) in [7, 11) is 3.33. The highest BCUT2D eigenvalue weighted by Gasteiger charge is 2.18. The first-order valence-corrected chi connectivity index (χ1v) is 8.44. The number of benzene rings is 2. The molecule has 0 spiro atoms. The fourth-order valence-electron chi connectivity index (χ4n) is 2.38. The maximum atomic E-state index is 5.85. The SMILES string of the molecule is COc1ccc(COCC(C)(C)COCc2ccc(OC)cc2)cc1. The third-order valence-corrected chi connectivity index (χ3v) is 3.84.